The summed E-state index contributed by atoms with van der Waals surface area (Å²) in [6, 6.07) is 40.7. The highest BCUT2D eigenvalue weighted by Crippen LogP contribution is 2.14. The van der Waals surface area contributed by atoms with Gasteiger partial charge in [-0.15, -0.1) is 0 Å². The second kappa shape index (κ2) is 23.8. The molecule has 0 amide bonds. The van der Waals surface area contributed by atoms with Gasteiger partial charge in [0, 0.05) is 0 Å². The van der Waals surface area contributed by atoms with Crippen molar-refractivity contribution in [3.05, 3.63) is 210 Å². The van der Waals surface area contributed by atoms with E-state index >= 15 is 0 Å². The average molecular weight is 707 g/mol. The minimum absolute atomic E-state index is 1.34. The Morgan fingerprint density at radius 1 is 0.189 bits per heavy atom. The predicted molar refractivity (Wildman–Crippen MR) is 239 cm³/mol. The van der Waals surface area contributed by atoms with E-state index in [2.05, 4.69) is 233 Å². The zero-order chi connectivity index (χ0) is 40.2. The molecule has 0 radical (unpaired) electrons. The van der Waals surface area contributed by atoms with Crippen LogP contribution in [-0.2, 0) is 0 Å². The van der Waals surface area contributed by atoms with Gasteiger partial charge in [0.05, 0.1) is 0 Å². The fraction of sp³-hybridized carbons (Fsp3) is 0.321. The molecule has 6 aromatic carbocycles. The van der Waals surface area contributed by atoms with Crippen LogP contribution in [0.3, 0.4) is 0 Å². The van der Waals surface area contributed by atoms with Crippen molar-refractivity contribution < 1.29 is 0 Å². The molecule has 6 aromatic rings. The molecule has 0 aliphatic heterocycles. The van der Waals surface area contributed by atoms with Crippen molar-refractivity contribution in [1.29, 1.82) is 0 Å². The van der Waals surface area contributed by atoms with E-state index < -0.39 is 0 Å². The quantitative estimate of drug-likeness (QED) is 0.147. The Hall–Kier alpha value is -4.68. The minimum atomic E-state index is 1.34. The number of aryl methyl sites for hydroxylation is 16. The van der Waals surface area contributed by atoms with Gasteiger partial charge in [0.15, 0.2) is 0 Å². The van der Waals surface area contributed by atoms with Gasteiger partial charge in [-0.25, -0.2) is 0 Å². The number of hydrogen-bond donors (Lipinski definition) is 0. The highest BCUT2D eigenvalue weighted by molar-refractivity contribution is 5.35. The van der Waals surface area contributed by atoms with Gasteiger partial charge in [0.2, 0.25) is 0 Å². The van der Waals surface area contributed by atoms with Crippen LogP contribution >= 0.6 is 0 Å². The van der Waals surface area contributed by atoms with Crippen LogP contribution in [0, 0.1) is 118 Å². The molecule has 0 heterocycles. The first-order valence-electron chi connectivity index (χ1n) is 19.0. The van der Waals surface area contributed by atoms with Crippen LogP contribution in [-0.4, -0.2) is 0 Å². The zero-order valence-corrected chi connectivity index (χ0v) is 36.5. The van der Waals surface area contributed by atoms with E-state index in [9.17, 15) is 0 Å². The lowest BCUT2D eigenvalue weighted by molar-refractivity contribution is 1.24. The summed E-state index contributed by atoms with van der Waals surface area (Å²) >= 11 is 0. The first-order valence-corrected chi connectivity index (χ1v) is 19.0. The maximum absolute atomic E-state index is 2.24. The summed E-state index contributed by atoms with van der Waals surface area (Å²) in [5.74, 6) is 0. The van der Waals surface area contributed by atoms with Crippen LogP contribution in [0.5, 0.6) is 0 Å². The van der Waals surface area contributed by atoms with Gasteiger partial charge in [-0.05, 0) is 179 Å². The highest BCUT2D eigenvalue weighted by Gasteiger charge is 1.96. The molecule has 0 saturated heterocycles. The Morgan fingerprint density at radius 3 is 0.755 bits per heavy atom. The Bertz CT molecular complexity index is 1830. The van der Waals surface area contributed by atoms with Gasteiger partial charge in [-0.3, -0.25) is 0 Å². The van der Waals surface area contributed by atoms with Crippen LogP contribution < -0.4 is 0 Å². The topological polar surface area (TPSA) is 0 Å². The second-order valence-corrected chi connectivity index (χ2v) is 15.0. The highest BCUT2D eigenvalue weighted by atomic mass is 14.0. The zero-order valence-electron chi connectivity index (χ0n) is 36.5. The van der Waals surface area contributed by atoms with E-state index in [1.807, 2.05) is 0 Å². The molecule has 0 saturated carbocycles. The molecule has 0 spiro atoms. The molecule has 0 bridgehead atoms. The van der Waals surface area contributed by atoms with Gasteiger partial charge < -0.3 is 0 Å². The van der Waals surface area contributed by atoms with Crippen LogP contribution in [0.25, 0.3) is 0 Å². The third kappa shape index (κ3) is 19.1. The van der Waals surface area contributed by atoms with Crippen LogP contribution in [0.1, 0.15) is 94.6 Å². The average Bonchev–Trinajstić information content (AvgIpc) is 3.07. The van der Waals surface area contributed by atoms with Gasteiger partial charge in [-0.2, -0.15) is 0 Å². The third-order valence-electron chi connectivity index (χ3n) is 9.61. The summed E-state index contributed by atoms with van der Waals surface area (Å²) in [6.07, 6.45) is 0. The van der Waals surface area contributed by atoms with E-state index in [1.54, 1.807) is 0 Å². The van der Waals surface area contributed by atoms with E-state index in [0.717, 1.165) is 0 Å². The molecule has 53 heavy (non-hydrogen) atoms. The molecule has 0 atom stereocenters. The minimum Gasteiger partial charge on any atom is -0.0620 e. The summed E-state index contributed by atoms with van der Waals surface area (Å²) < 4.78 is 0. The van der Waals surface area contributed by atoms with Gasteiger partial charge in [0.25, 0.3) is 0 Å². The van der Waals surface area contributed by atoms with E-state index in [-0.39, 0.29) is 0 Å². The molecule has 0 N–H and O–H groups in total. The Kier molecular flexibility index (Phi) is 20.8. The summed E-state index contributed by atoms with van der Waals surface area (Å²) in [5.41, 5.74) is 23.3. The standard InChI is InChI=1S/C10H14.3C9H12.2C8H10/c1-7-5-9(3)10(4)6-8(7)2;1-7-4-8(2)6-9(3)5-7;1-7-4-5-8(2)9(3)6-7;1-7-5-4-6-8(2)9(7)3;1-7-4-3-5-8(2)6-7;1-7-5-3-4-6-8(7)2/h5-6H,1-4H3;3*4-6H,1-3H3;2*3-6H,1-2H3. The molecule has 0 heteroatoms. The normalized spacial score (nSPS) is 9.60. The lowest BCUT2D eigenvalue weighted by Crippen LogP contribution is -1.86. The number of rotatable bonds is 0. The molecule has 6 rings (SSSR count). The maximum Gasteiger partial charge on any atom is -0.0392 e. The fourth-order valence-electron chi connectivity index (χ4n) is 5.57. The maximum atomic E-state index is 2.24. The van der Waals surface area contributed by atoms with Gasteiger partial charge >= 0.3 is 0 Å². The Labute approximate surface area is 326 Å². The van der Waals surface area contributed by atoms with E-state index in [4.69, 9.17) is 0 Å². The summed E-state index contributed by atoms with van der Waals surface area (Å²) in [6.45, 7) is 36.3. The number of hydrogen-bond acceptors (Lipinski definition) is 0. The third-order valence-corrected chi connectivity index (χ3v) is 9.61. The lowest BCUT2D eigenvalue weighted by atomic mass is 10.0. The van der Waals surface area contributed by atoms with Crippen molar-refractivity contribution in [2.45, 2.75) is 118 Å². The summed E-state index contributed by atoms with van der Waals surface area (Å²) in [4.78, 5) is 0. The summed E-state index contributed by atoms with van der Waals surface area (Å²) in [5, 5.41) is 0. The Morgan fingerprint density at radius 2 is 0.472 bits per heavy atom. The van der Waals surface area contributed by atoms with Crippen molar-refractivity contribution in [3.8, 4) is 0 Å². The van der Waals surface area contributed by atoms with Crippen LogP contribution in [0.4, 0.5) is 0 Å². The summed E-state index contributed by atoms with van der Waals surface area (Å²) in [7, 11) is 0. The molecule has 0 aromatic heterocycles. The van der Waals surface area contributed by atoms with Gasteiger partial charge in [-0.1, -0.05) is 149 Å². The Balaban J connectivity index is 0.000000318. The number of benzene rings is 6. The molecular formula is C53H70. The molecule has 282 valence electrons. The van der Waals surface area contributed by atoms with Crippen LogP contribution in [0.15, 0.2) is 115 Å². The molecule has 0 aliphatic rings. The molecular weight excluding hydrogens is 637 g/mol. The van der Waals surface area contributed by atoms with Crippen molar-refractivity contribution in [2.24, 2.45) is 0 Å². The smallest absolute Gasteiger partial charge is 0.0392 e. The molecule has 0 unspecified atom stereocenters. The first kappa shape index (κ1) is 46.3. The second-order valence-electron chi connectivity index (χ2n) is 15.0. The van der Waals surface area contributed by atoms with Crippen molar-refractivity contribution in [3.63, 3.8) is 0 Å². The van der Waals surface area contributed by atoms with Gasteiger partial charge in [0.1, 0.15) is 0 Å². The van der Waals surface area contributed by atoms with Crippen molar-refractivity contribution >= 4 is 0 Å². The molecule has 0 nitrogen and oxygen atoms in total. The monoisotopic (exact) mass is 707 g/mol. The largest absolute Gasteiger partial charge is 0.0620 e. The molecule has 0 fully saturated rings. The lowest BCUT2D eigenvalue weighted by Gasteiger charge is -2.04. The predicted octanol–water partition coefficient (Wildman–Crippen LogP) is 15.4. The SMILES string of the molecule is Cc1cc(C)c(C)cc1C.Cc1cc(C)cc(C)c1.Cc1ccc(C)c(C)c1.Cc1cccc(C)c1.Cc1cccc(C)c1C.Cc1ccccc1C. The fourth-order valence-corrected chi connectivity index (χ4v) is 5.57. The first-order chi connectivity index (χ1) is 24.8. The van der Waals surface area contributed by atoms with Crippen molar-refractivity contribution in [2.75, 3.05) is 0 Å². The van der Waals surface area contributed by atoms with E-state index in [1.165, 1.54) is 94.6 Å². The van der Waals surface area contributed by atoms with Crippen LogP contribution in [0.2, 0.25) is 0 Å². The van der Waals surface area contributed by atoms with E-state index in [0.29, 0.717) is 0 Å². The van der Waals surface area contributed by atoms with Crippen molar-refractivity contribution in [1.82, 2.24) is 0 Å². The molecule has 0 aliphatic carbocycles.